The summed E-state index contributed by atoms with van der Waals surface area (Å²) in [5, 5.41) is 2.63. The molecule has 3 heteroatoms. The molecular formula is C3H9N3. The summed E-state index contributed by atoms with van der Waals surface area (Å²) in [4.78, 5) is 0. The third kappa shape index (κ3) is 1.46. The molecule has 0 radical (unpaired) electrons. The maximum atomic E-state index is 5.10. The van der Waals surface area contributed by atoms with E-state index >= 15 is 0 Å². The van der Waals surface area contributed by atoms with Gasteiger partial charge in [-0.15, -0.1) is 0 Å². The molecule has 36 valence electrons. The monoisotopic (exact) mass is 87.1 g/mol. The zero-order chi connectivity index (χ0) is 4.99. The highest BCUT2D eigenvalue weighted by atomic mass is 15.0. The third-order valence-corrected chi connectivity index (χ3v) is 0.468. The van der Waals surface area contributed by atoms with Crippen molar-refractivity contribution < 1.29 is 0 Å². The minimum atomic E-state index is 0.495. The first-order valence-electron chi connectivity index (χ1n) is 1.66. The van der Waals surface area contributed by atoms with Crippen LogP contribution in [-0.2, 0) is 0 Å². The normalized spacial score (nSPS) is 11.2. The highest BCUT2D eigenvalue weighted by Gasteiger charge is 1.70. The zero-order valence-electron chi connectivity index (χ0n) is 3.73. The predicted molar refractivity (Wildman–Crippen MR) is 25.5 cm³/mol. The summed E-state index contributed by atoms with van der Waals surface area (Å²) in [6.45, 7) is 0. The van der Waals surface area contributed by atoms with Crippen LogP contribution in [0.15, 0.2) is 12.0 Å². The van der Waals surface area contributed by atoms with E-state index in [9.17, 15) is 0 Å². The number of hydrogen-bond acceptors (Lipinski definition) is 3. The summed E-state index contributed by atoms with van der Waals surface area (Å²) in [7, 11) is 1.71. The molecule has 0 saturated carbocycles. The molecule has 0 rings (SSSR count). The Labute approximate surface area is 37.0 Å². The summed E-state index contributed by atoms with van der Waals surface area (Å²) < 4.78 is 0. The van der Waals surface area contributed by atoms with Crippen LogP contribution in [-0.4, -0.2) is 7.05 Å². The molecular weight excluding hydrogens is 78.1 g/mol. The lowest BCUT2D eigenvalue weighted by atomic mass is 10.8. The summed E-state index contributed by atoms with van der Waals surface area (Å²) in [5.74, 6) is 0.495. The second-order valence-electron chi connectivity index (χ2n) is 0.872. The van der Waals surface area contributed by atoms with Gasteiger partial charge in [-0.3, -0.25) is 0 Å². The molecule has 6 heavy (non-hydrogen) atoms. The van der Waals surface area contributed by atoms with Gasteiger partial charge < -0.3 is 16.8 Å². The fourth-order valence-electron chi connectivity index (χ4n) is 0.0833. The Hall–Kier alpha value is -0.860. The highest BCUT2D eigenvalue weighted by Crippen LogP contribution is 1.59. The lowest BCUT2D eigenvalue weighted by Crippen LogP contribution is -2.15. The van der Waals surface area contributed by atoms with Gasteiger partial charge in [0.2, 0.25) is 0 Å². The molecule has 0 spiro atoms. The highest BCUT2D eigenvalue weighted by molar-refractivity contribution is 4.87. The summed E-state index contributed by atoms with van der Waals surface area (Å²) in [6.07, 6.45) is 1.31. The largest absolute Gasteiger partial charge is 0.402 e. The Morgan fingerprint density at radius 2 is 2.33 bits per heavy atom. The van der Waals surface area contributed by atoms with E-state index in [0.29, 0.717) is 5.82 Å². The average molecular weight is 87.1 g/mol. The molecule has 0 aliphatic carbocycles. The molecule has 5 N–H and O–H groups in total. The predicted octanol–water partition coefficient (Wildman–Crippen LogP) is -1.08. The van der Waals surface area contributed by atoms with Gasteiger partial charge in [-0.05, 0) is 0 Å². The summed E-state index contributed by atoms with van der Waals surface area (Å²) in [6, 6.07) is 0. The molecule has 3 nitrogen and oxygen atoms in total. The molecule has 0 aliphatic rings. The molecule has 0 unspecified atom stereocenters. The quantitative estimate of drug-likeness (QED) is 0.381. The van der Waals surface area contributed by atoms with Crippen molar-refractivity contribution in [2.75, 3.05) is 7.05 Å². The molecule has 0 aromatic rings. The van der Waals surface area contributed by atoms with Crippen molar-refractivity contribution in [1.82, 2.24) is 5.32 Å². The Morgan fingerprint density at radius 3 is 2.33 bits per heavy atom. The maximum absolute atomic E-state index is 5.10. The number of hydrogen-bond donors (Lipinski definition) is 3. The smallest absolute Gasteiger partial charge is 0.112 e. The Balaban J connectivity index is 3.22. The van der Waals surface area contributed by atoms with Gasteiger partial charge in [-0.1, -0.05) is 0 Å². The first-order chi connectivity index (χ1) is 2.81. The standard InChI is InChI=1S/C3H9N3/c1-6-3(5)2-4/h2,6H,4-5H2,1H3/b3-2+. The topological polar surface area (TPSA) is 64.1 Å². The van der Waals surface area contributed by atoms with Gasteiger partial charge in [0.1, 0.15) is 5.82 Å². The van der Waals surface area contributed by atoms with Crippen molar-refractivity contribution in [3.63, 3.8) is 0 Å². The van der Waals surface area contributed by atoms with Crippen LogP contribution in [0.25, 0.3) is 0 Å². The molecule has 0 aromatic carbocycles. The van der Waals surface area contributed by atoms with Crippen LogP contribution < -0.4 is 16.8 Å². The summed E-state index contributed by atoms with van der Waals surface area (Å²) >= 11 is 0. The van der Waals surface area contributed by atoms with Crippen LogP contribution in [0.5, 0.6) is 0 Å². The molecule has 0 amide bonds. The third-order valence-electron chi connectivity index (χ3n) is 0.468. The van der Waals surface area contributed by atoms with Crippen molar-refractivity contribution >= 4 is 0 Å². The van der Waals surface area contributed by atoms with Crippen molar-refractivity contribution in [1.29, 1.82) is 0 Å². The molecule has 0 fully saturated rings. The number of nitrogens with one attached hydrogen (secondary N) is 1. The van der Waals surface area contributed by atoms with Crippen LogP contribution in [0.2, 0.25) is 0 Å². The van der Waals surface area contributed by atoms with Crippen molar-refractivity contribution in [3.8, 4) is 0 Å². The molecule has 0 bridgehead atoms. The lowest BCUT2D eigenvalue weighted by Gasteiger charge is -1.91. The SMILES string of the molecule is CN/C(N)=C/N. The average Bonchev–Trinajstić information content (AvgIpc) is 1.65. The second-order valence-corrected chi connectivity index (χ2v) is 0.872. The Morgan fingerprint density at radius 1 is 1.83 bits per heavy atom. The molecule has 0 aliphatic heterocycles. The summed E-state index contributed by atoms with van der Waals surface area (Å²) in [5.41, 5.74) is 10.0. The lowest BCUT2D eigenvalue weighted by molar-refractivity contribution is 0.956. The van der Waals surface area contributed by atoms with Crippen LogP contribution >= 0.6 is 0 Å². The fourth-order valence-corrected chi connectivity index (χ4v) is 0.0833. The van der Waals surface area contributed by atoms with Gasteiger partial charge in [0.15, 0.2) is 0 Å². The van der Waals surface area contributed by atoms with Crippen LogP contribution in [0.1, 0.15) is 0 Å². The Kier molecular flexibility index (Phi) is 2.04. The maximum Gasteiger partial charge on any atom is 0.112 e. The number of nitrogens with two attached hydrogens (primary N) is 2. The van der Waals surface area contributed by atoms with E-state index in [1.54, 1.807) is 7.05 Å². The second kappa shape index (κ2) is 2.38. The first kappa shape index (κ1) is 5.14. The van der Waals surface area contributed by atoms with E-state index in [0.717, 1.165) is 0 Å². The van der Waals surface area contributed by atoms with Crippen molar-refractivity contribution in [3.05, 3.63) is 12.0 Å². The molecule has 0 heterocycles. The van der Waals surface area contributed by atoms with Gasteiger partial charge in [-0.2, -0.15) is 0 Å². The van der Waals surface area contributed by atoms with Gasteiger partial charge in [-0.25, -0.2) is 0 Å². The van der Waals surface area contributed by atoms with E-state index in [-0.39, 0.29) is 0 Å². The van der Waals surface area contributed by atoms with Crippen molar-refractivity contribution in [2.24, 2.45) is 11.5 Å². The van der Waals surface area contributed by atoms with Gasteiger partial charge in [0.25, 0.3) is 0 Å². The van der Waals surface area contributed by atoms with E-state index < -0.39 is 0 Å². The van der Waals surface area contributed by atoms with Gasteiger partial charge in [0.05, 0.1) is 0 Å². The van der Waals surface area contributed by atoms with E-state index in [1.165, 1.54) is 6.20 Å². The van der Waals surface area contributed by atoms with Crippen molar-refractivity contribution in [2.45, 2.75) is 0 Å². The Bertz CT molecular complexity index is 57.1. The van der Waals surface area contributed by atoms with Gasteiger partial charge in [0, 0.05) is 13.2 Å². The number of rotatable bonds is 1. The zero-order valence-corrected chi connectivity index (χ0v) is 3.73. The van der Waals surface area contributed by atoms with Gasteiger partial charge >= 0.3 is 0 Å². The van der Waals surface area contributed by atoms with Crippen LogP contribution in [0.4, 0.5) is 0 Å². The van der Waals surface area contributed by atoms with E-state index in [2.05, 4.69) is 5.32 Å². The minimum absolute atomic E-state index is 0.495. The molecule has 0 atom stereocenters. The molecule has 0 aromatic heterocycles. The van der Waals surface area contributed by atoms with Crippen LogP contribution in [0, 0.1) is 0 Å². The minimum Gasteiger partial charge on any atom is -0.402 e. The first-order valence-corrected chi connectivity index (χ1v) is 1.66. The molecule has 0 saturated heterocycles. The van der Waals surface area contributed by atoms with E-state index in [4.69, 9.17) is 11.5 Å². The van der Waals surface area contributed by atoms with Crippen LogP contribution in [0.3, 0.4) is 0 Å². The fraction of sp³-hybridized carbons (Fsp3) is 0.333. The van der Waals surface area contributed by atoms with E-state index in [1.807, 2.05) is 0 Å².